The third-order valence-corrected chi connectivity index (χ3v) is 5.06. The van der Waals surface area contributed by atoms with E-state index in [1.165, 1.54) is 5.56 Å². The third-order valence-electron chi connectivity index (χ3n) is 4.80. The lowest BCUT2D eigenvalue weighted by molar-refractivity contribution is -0.126. The van der Waals surface area contributed by atoms with Crippen LogP contribution in [0.1, 0.15) is 30.9 Å². The smallest absolute Gasteiger partial charge is 0.243 e. The normalized spacial score (nSPS) is 16.5. The lowest BCUT2D eigenvalue weighted by Gasteiger charge is -2.30. The van der Waals surface area contributed by atoms with Crippen LogP contribution in [0.3, 0.4) is 0 Å². The summed E-state index contributed by atoms with van der Waals surface area (Å²) in [4.78, 5) is 14.8. The second kappa shape index (κ2) is 8.97. The molecule has 1 fully saturated rings. The summed E-state index contributed by atoms with van der Waals surface area (Å²) in [6.45, 7) is 4.64. The van der Waals surface area contributed by atoms with Gasteiger partial charge in [0, 0.05) is 17.5 Å². The van der Waals surface area contributed by atoms with Crippen molar-refractivity contribution in [1.29, 1.82) is 0 Å². The minimum Gasteiger partial charge on any atom is -0.299 e. The molecule has 2 aromatic carbocycles. The number of carbonyl (C=O) groups excluding carboxylic acids is 1. The number of piperidine rings is 1. The van der Waals surface area contributed by atoms with Gasteiger partial charge in [-0.3, -0.25) is 9.69 Å². The van der Waals surface area contributed by atoms with Gasteiger partial charge in [0.25, 0.3) is 0 Å². The van der Waals surface area contributed by atoms with E-state index in [-0.39, 0.29) is 11.8 Å². The Balaban J connectivity index is 1.47. The number of hydrogen-bond acceptors (Lipinski definition) is 3. The quantitative estimate of drug-likeness (QED) is 0.637. The first-order valence-corrected chi connectivity index (χ1v) is 9.36. The number of nitrogens with zero attached hydrogens (tertiary/aromatic N) is 2. The van der Waals surface area contributed by atoms with Crippen molar-refractivity contribution in [3.05, 3.63) is 70.7 Å². The molecule has 1 saturated heterocycles. The van der Waals surface area contributed by atoms with Crippen LogP contribution in [0.2, 0.25) is 5.02 Å². The number of carbonyl (C=O) groups is 1. The molecule has 1 amide bonds. The number of halogens is 1. The first-order chi connectivity index (χ1) is 12.6. The number of hydrazone groups is 1. The molecule has 1 N–H and O–H groups in total. The highest BCUT2D eigenvalue weighted by Crippen LogP contribution is 2.20. The van der Waals surface area contributed by atoms with E-state index in [2.05, 4.69) is 27.6 Å². The molecular weight excluding hydrogens is 346 g/mol. The second-order valence-electron chi connectivity index (χ2n) is 6.72. The van der Waals surface area contributed by atoms with Crippen molar-refractivity contribution in [2.24, 2.45) is 11.0 Å². The van der Waals surface area contributed by atoms with Crippen LogP contribution in [-0.2, 0) is 11.3 Å². The van der Waals surface area contributed by atoms with Crippen LogP contribution in [0.15, 0.2) is 59.7 Å². The van der Waals surface area contributed by atoms with Crippen LogP contribution in [0.4, 0.5) is 0 Å². The number of hydrogen-bond donors (Lipinski definition) is 1. The molecule has 1 aliphatic heterocycles. The lowest BCUT2D eigenvalue weighted by Crippen LogP contribution is -2.39. The Bertz CT molecular complexity index is 751. The van der Waals surface area contributed by atoms with Gasteiger partial charge in [0.05, 0.1) is 5.71 Å². The Kier molecular flexibility index (Phi) is 6.42. The van der Waals surface area contributed by atoms with Crippen LogP contribution in [0.25, 0.3) is 0 Å². The van der Waals surface area contributed by atoms with Crippen LogP contribution in [0.5, 0.6) is 0 Å². The molecule has 2 aromatic rings. The van der Waals surface area contributed by atoms with E-state index in [0.29, 0.717) is 0 Å². The van der Waals surface area contributed by atoms with Gasteiger partial charge in [-0.25, -0.2) is 5.43 Å². The van der Waals surface area contributed by atoms with Crippen molar-refractivity contribution < 1.29 is 4.79 Å². The summed E-state index contributed by atoms with van der Waals surface area (Å²) in [6, 6.07) is 17.8. The van der Waals surface area contributed by atoms with Crippen LogP contribution in [0, 0.1) is 5.92 Å². The Morgan fingerprint density at radius 2 is 1.77 bits per heavy atom. The van der Waals surface area contributed by atoms with Crippen molar-refractivity contribution in [2.45, 2.75) is 26.3 Å². The van der Waals surface area contributed by atoms with E-state index in [0.717, 1.165) is 48.8 Å². The van der Waals surface area contributed by atoms with Crippen molar-refractivity contribution in [1.82, 2.24) is 10.3 Å². The topological polar surface area (TPSA) is 44.7 Å². The van der Waals surface area contributed by atoms with Gasteiger partial charge in [-0.2, -0.15) is 5.10 Å². The van der Waals surface area contributed by atoms with Crippen molar-refractivity contribution in [2.75, 3.05) is 13.1 Å². The highest BCUT2D eigenvalue weighted by molar-refractivity contribution is 6.30. The monoisotopic (exact) mass is 369 g/mol. The zero-order chi connectivity index (χ0) is 18.4. The Morgan fingerprint density at radius 3 is 2.42 bits per heavy atom. The molecule has 3 rings (SSSR count). The van der Waals surface area contributed by atoms with Crippen molar-refractivity contribution in [3.8, 4) is 0 Å². The van der Waals surface area contributed by atoms with E-state index in [4.69, 9.17) is 11.6 Å². The summed E-state index contributed by atoms with van der Waals surface area (Å²) < 4.78 is 0. The molecule has 5 heteroatoms. The summed E-state index contributed by atoms with van der Waals surface area (Å²) in [5.74, 6) is 0.0511. The second-order valence-corrected chi connectivity index (χ2v) is 7.15. The predicted molar refractivity (Wildman–Crippen MR) is 106 cm³/mol. The largest absolute Gasteiger partial charge is 0.299 e. The SMILES string of the molecule is C/C(=N\NC(=O)C1CCN(Cc2ccc(Cl)cc2)CC1)c1ccccc1. The van der Waals surface area contributed by atoms with Gasteiger partial charge in [-0.15, -0.1) is 0 Å². The molecule has 26 heavy (non-hydrogen) atoms. The van der Waals surface area contributed by atoms with E-state index >= 15 is 0 Å². The predicted octanol–water partition coefficient (Wildman–Crippen LogP) is 4.09. The molecule has 1 aliphatic rings. The molecule has 0 aliphatic carbocycles. The molecule has 4 nitrogen and oxygen atoms in total. The molecule has 0 unspecified atom stereocenters. The molecule has 0 bridgehead atoms. The summed E-state index contributed by atoms with van der Waals surface area (Å²) in [6.07, 6.45) is 1.72. The van der Waals surface area contributed by atoms with Gasteiger partial charge in [0.1, 0.15) is 0 Å². The van der Waals surface area contributed by atoms with E-state index in [9.17, 15) is 4.79 Å². The van der Waals surface area contributed by atoms with Crippen LogP contribution >= 0.6 is 11.6 Å². The number of likely N-dealkylation sites (tertiary alicyclic amines) is 1. The molecule has 0 atom stereocenters. The average Bonchev–Trinajstić information content (AvgIpc) is 2.69. The molecule has 1 heterocycles. The molecule has 0 radical (unpaired) electrons. The number of amides is 1. The fourth-order valence-electron chi connectivity index (χ4n) is 3.18. The van der Waals surface area contributed by atoms with Crippen molar-refractivity contribution in [3.63, 3.8) is 0 Å². The Morgan fingerprint density at radius 1 is 1.12 bits per heavy atom. The first-order valence-electron chi connectivity index (χ1n) is 8.98. The molecule has 0 aromatic heterocycles. The maximum absolute atomic E-state index is 12.4. The molecular formula is C21H24ClN3O. The minimum atomic E-state index is 0.0198. The maximum Gasteiger partial charge on any atom is 0.243 e. The van der Waals surface area contributed by atoms with Gasteiger partial charge < -0.3 is 0 Å². The van der Waals surface area contributed by atoms with Gasteiger partial charge in [-0.05, 0) is 56.1 Å². The molecule has 0 saturated carbocycles. The molecule has 0 spiro atoms. The zero-order valence-electron chi connectivity index (χ0n) is 15.0. The average molecular weight is 370 g/mol. The summed E-state index contributed by atoms with van der Waals surface area (Å²) in [5.41, 5.74) is 5.83. The zero-order valence-corrected chi connectivity index (χ0v) is 15.7. The number of benzene rings is 2. The standard InChI is InChI=1S/C21H24ClN3O/c1-16(18-5-3-2-4-6-18)23-24-21(26)19-11-13-25(14-12-19)15-17-7-9-20(22)10-8-17/h2-10,19H,11-15H2,1H3,(H,24,26)/b23-16+. The van der Waals surface area contributed by atoms with Gasteiger partial charge in [-0.1, -0.05) is 54.1 Å². The summed E-state index contributed by atoms with van der Waals surface area (Å²) >= 11 is 5.93. The minimum absolute atomic E-state index is 0.0198. The van der Waals surface area contributed by atoms with E-state index in [1.807, 2.05) is 49.4 Å². The first kappa shape index (κ1) is 18.6. The fraction of sp³-hybridized carbons (Fsp3) is 0.333. The van der Waals surface area contributed by atoms with Gasteiger partial charge >= 0.3 is 0 Å². The highest BCUT2D eigenvalue weighted by atomic mass is 35.5. The molecule has 136 valence electrons. The third kappa shape index (κ3) is 5.16. The Labute approximate surface area is 159 Å². The highest BCUT2D eigenvalue weighted by Gasteiger charge is 2.24. The Hall–Kier alpha value is -2.17. The van der Waals surface area contributed by atoms with Crippen LogP contribution < -0.4 is 5.43 Å². The summed E-state index contributed by atoms with van der Waals surface area (Å²) in [7, 11) is 0. The lowest BCUT2D eigenvalue weighted by atomic mass is 9.96. The van der Waals surface area contributed by atoms with E-state index in [1.54, 1.807) is 0 Å². The van der Waals surface area contributed by atoms with E-state index < -0.39 is 0 Å². The fourth-order valence-corrected chi connectivity index (χ4v) is 3.30. The van der Waals surface area contributed by atoms with Crippen molar-refractivity contribution >= 4 is 23.2 Å². The summed E-state index contributed by atoms with van der Waals surface area (Å²) in [5, 5.41) is 5.02. The number of rotatable bonds is 5. The number of nitrogens with one attached hydrogen (secondary N) is 1. The van der Waals surface area contributed by atoms with Gasteiger partial charge in [0.15, 0.2) is 0 Å². The maximum atomic E-state index is 12.4. The van der Waals surface area contributed by atoms with Gasteiger partial charge in [0.2, 0.25) is 5.91 Å². The van der Waals surface area contributed by atoms with Crippen LogP contribution in [-0.4, -0.2) is 29.6 Å².